The van der Waals surface area contributed by atoms with Crippen LogP contribution in [0.5, 0.6) is 0 Å². The number of rotatable bonds is 7. The molecule has 0 saturated heterocycles. The first-order valence-electron chi connectivity index (χ1n) is 7.88. The number of hydrogen-bond donors (Lipinski definition) is 1. The van der Waals surface area contributed by atoms with Crippen LogP contribution < -0.4 is 5.32 Å². The molecule has 0 amide bonds. The Labute approximate surface area is 125 Å². The fourth-order valence-electron chi connectivity index (χ4n) is 3.15. The molecule has 1 aromatic rings. The van der Waals surface area contributed by atoms with E-state index in [9.17, 15) is 4.21 Å². The van der Waals surface area contributed by atoms with Crippen LogP contribution in [0.15, 0.2) is 30.3 Å². The summed E-state index contributed by atoms with van der Waals surface area (Å²) in [6, 6.07) is 10.6. The standard InChI is InChI=1S/C17H27NOS/c1-3-18-17(16-11-5-4-6-12-16)14(2)20(19)13-15-9-7-8-10-15/h4-6,11-12,14-15,17-18H,3,7-10,13H2,1-2H3. The lowest BCUT2D eigenvalue weighted by molar-refractivity contribution is 0.529. The molecule has 0 aromatic heterocycles. The summed E-state index contributed by atoms with van der Waals surface area (Å²) in [7, 11) is -0.749. The third-order valence-corrected chi connectivity index (χ3v) is 6.24. The smallest absolute Gasteiger partial charge is 0.0514 e. The highest BCUT2D eigenvalue weighted by Gasteiger charge is 2.26. The van der Waals surface area contributed by atoms with E-state index in [0.29, 0.717) is 5.92 Å². The van der Waals surface area contributed by atoms with Crippen molar-refractivity contribution < 1.29 is 4.21 Å². The maximum Gasteiger partial charge on any atom is 0.0514 e. The van der Waals surface area contributed by atoms with Crippen molar-refractivity contribution in [1.82, 2.24) is 5.32 Å². The molecule has 0 heterocycles. The molecule has 3 unspecified atom stereocenters. The molecule has 0 spiro atoms. The van der Waals surface area contributed by atoms with Crippen LogP contribution in [-0.2, 0) is 10.8 Å². The van der Waals surface area contributed by atoms with Gasteiger partial charge in [-0.15, -0.1) is 0 Å². The summed E-state index contributed by atoms with van der Waals surface area (Å²) in [6.45, 7) is 5.15. The van der Waals surface area contributed by atoms with Crippen molar-refractivity contribution in [3.8, 4) is 0 Å². The van der Waals surface area contributed by atoms with Crippen molar-refractivity contribution in [3.05, 3.63) is 35.9 Å². The van der Waals surface area contributed by atoms with Gasteiger partial charge in [-0.3, -0.25) is 4.21 Å². The normalized spacial score (nSPS) is 20.7. The molecule has 3 heteroatoms. The van der Waals surface area contributed by atoms with Crippen molar-refractivity contribution in [2.24, 2.45) is 5.92 Å². The van der Waals surface area contributed by atoms with Crippen LogP contribution in [0, 0.1) is 5.92 Å². The Balaban J connectivity index is 2.02. The largest absolute Gasteiger partial charge is 0.309 e. The van der Waals surface area contributed by atoms with E-state index in [1.165, 1.54) is 31.2 Å². The lowest BCUT2D eigenvalue weighted by Crippen LogP contribution is -2.34. The molecule has 112 valence electrons. The van der Waals surface area contributed by atoms with E-state index in [1.807, 2.05) is 6.07 Å². The monoisotopic (exact) mass is 293 g/mol. The molecule has 0 aliphatic heterocycles. The second-order valence-electron chi connectivity index (χ2n) is 5.85. The SMILES string of the molecule is CCNC(c1ccccc1)C(C)S(=O)CC1CCCC1. The molecule has 1 aliphatic rings. The lowest BCUT2D eigenvalue weighted by Gasteiger charge is -2.25. The van der Waals surface area contributed by atoms with Crippen molar-refractivity contribution in [3.63, 3.8) is 0 Å². The van der Waals surface area contributed by atoms with Gasteiger partial charge in [0.1, 0.15) is 0 Å². The molecule has 2 rings (SSSR count). The van der Waals surface area contributed by atoms with Crippen LogP contribution in [-0.4, -0.2) is 21.8 Å². The van der Waals surface area contributed by atoms with E-state index >= 15 is 0 Å². The Hall–Kier alpha value is -0.670. The Morgan fingerprint density at radius 1 is 1.25 bits per heavy atom. The van der Waals surface area contributed by atoms with Gasteiger partial charge in [-0.2, -0.15) is 0 Å². The van der Waals surface area contributed by atoms with E-state index in [-0.39, 0.29) is 11.3 Å². The van der Waals surface area contributed by atoms with Gasteiger partial charge in [-0.05, 0) is 37.8 Å². The van der Waals surface area contributed by atoms with Gasteiger partial charge < -0.3 is 5.32 Å². The first-order valence-corrected chi connectivity index (χ1v) is 9.26. The summed E-state index contributed by atoms with van der Waals surface area (Å²) in [6.07, 6.45) is 5.20. The molecule has 20 heavy (non-hydrogen) atoms. The Morgan fingerprint density at radius 2 is 1.90 bits per heavy atom. The van der Waals surface area contributed by atoms with E-state index < -0.39 is 10.8 Å². The molecule has 3 atom stereocenters. The number of hydrogen-bond acceptors (Lipinski definition) is 2. The summed E-state index contributed by atoms with van der Waals surface area (Å²) < 4.78 is 12.7. The molecule has 0 radical (unpaired) electrons. The number of benzene rings is 1. The quantitative estimate of drug-likeness (QED) is 0.831. The van der Waals surface area contributed by atoms with Crippen molar-refractivity contribution in [1.29, 1.82) is 0 Å². The zero-order valence-electron chi connectivity index (χ0n) is 12.7. The van der Waals surface area contributed by atoms with E-state index in [0.717, 1.165) is 12.3 Å². The highest BCUT2D eigenvalue weighted by molar-refractivity contribution is 7.85. The van der Waals surface area contributed by atoms with Crippen LogP contribution in [0.3, 0.4) is 0 Å². The Morgan fingerprint density at radius 3 is 2.50 bits per heavy atom. The molecule has 1 aromatic carbocycles. The fourth-order valence-corrected chi connectivity index (χ4v) is 4.81. The van der Waals surface area contributed by atoms with Gasteiger partial charge in [0.25, 0.3) is 0 Å². The molecule has 1 saturated carbocycles. The highest BCUT2D eigenvalue weighted by atomic mass is 32.2. The van der Waals surface area contributed by atoms with Crippen molar-refractivity contribution >= 4 is 10.8 Å². The molecule has 1 N–H and O–H groups in total. The van der Waals surface area contributed by atoms with Gasteiger partial charge in [-0.25, -0.2) is 0 Å². The van der Waals surface area contributed by atoms with Gasteiger partial charge in [0.15, 0.2) is 0 Å². The van der Waals surface area contributed by atoms with Gasteiger partial charge in [0.05, 0.1) is 5.25 Å². The van der Waals surface area contributed by atoms with Gasteiger partial charge in [0.2, 0.25) is 0 Å². The predicted molar refractivity (Wildman–Crippen MR) is 87.3 cm³/mol. The number of nitrogens with one attached hydrogen (secondary N) is 1. The first kappa shape index (κ1) is 15.7. The van der Waals surface area contributed by atoms with Gasteiger partial charge in [-0.1, -0.05) is 50.1 Å². The fraction of sp³-hybridized carbons (Fsp3) is 0.647. The topological polar surface area (TPSA) is 29.1 Å². The van der Waals surface area contributed by atoms with E-state index in [2.05, 4.69) is 43.4 Å². The molecule has 1 fully saturated rings. The lowest BCUT2D eigenvalue weighted by atomic mass is 10.0. The third-order valence-electron chi connectivity index (χ3n) is 4.34. The first-order chi connectivity index (χ1) is 9.72. The third kappa shape index (κ3) is 4.16. The second kappa shape index (κ2) is 7.94. The molecule has 2 nitrogen and oxygen atoms in total. The molecule has 0 bridgehead atoms. The zero-order chi connectivity index (χ0) is 14.4. The average molecular weight is 293 g/mol. The van der Waals surface area contributed by atoms with Crippen LogP contribution in [0.25, 0.3) is 0 Å². The maximum atomic E-state index is 12.7. The van der Waals surface area contributed by atoms with Crippen LogP contribution in [0.4, 0.5) is 0 Å². The second-order valence-corrected chi connectivity index (χ2v) is 7.69. The van der Waals surface area contributed by atoms with E-state index in [4.69, 9.17) is 0 Å². The van der Waals surface area contributed by atoms with Gasteiger partial charge >= 0.3 is 0 Å². The Kier molecular flexibility index (Phi) is 6.24. The zero-order valence-corrected chi connectivity index (χ0v) is 13.5. The molecular weight excluding hydrogens is 266 g/mol. The molecule has 1 aliphatic carbocycles. The van der Waals surface area contributed by atoms with Crippen molar-refractivity contribution in [2.75, 3.05) is 12.3 Å². The highest BCUT2D eigenvalue weighted by Crippen LogP contribution is 2.28. The Bertz CT molecular complexity index is 414. The summed E-state index contributed by atoms with van der Waals surface area (Å²) in [5, 5.41) is 3.68. The summed E-state index contributed by atoms with van der Waals surface area (Å²) >= 11 is 0. The molecular formula is C17H27NOS. The summed E-state index contributed by atoms with van der Waals surface area (Å²) in [4.78, 5) is 0. The average Bonchev–Trinajstić information content (AvgIpc) is 2.98. The van der Waals surface area contributed by atoms with Crippen LogP contribution in [0.2, 0.25) is 0 Å². The van der Waals surface area contributed by atoms with E-state index in [1.54, 1.807) is 0 Å². The minimum Gasteiger partial charge on any atom is -0.309 e. The van der Waals surface area contributed by atoms with Crippen LogP contribution in [0.1, 0.15) is 51.1 Å². The summed E-state index contributed by atoms with van der Waals surface area (Å²) in [5.41, 5.74) is 1.25. The minimum atomic E-state index is -0.749. The minimum absolute atomic E-state index is 0.165. The van der Waals surface area contributed by atoms with Crippen LogP contribution >= 0.6 is 0 Å². The maximum absolute atomic E-state index is 12.7. The van der Waals surface area contributed by atoms with Crippen molar-refractivity contribution in [2.45, 2.75) is 50.8 Å². The van der Waals surface area contributed by atoms with Gasteiger partial charge in [0, 0.05) is 22.6 Å². The summed E-state index contributed by atoms with van der Waals surface area (Å²) in [5.74, 6) is 1.58. The predicted octanol–water partition coefficient (Wildman–Crippen LogP) is 3.66.